The smallest absolute Gasteiger partial charge is 0.189 e. The van der Waals surface area contributed by atoms with Gasteiger partial charge in [0.25, 0.3) is 0 Å². The summed E-state index contributed by atoms with van der Waals surface area (Å²) in [4.78, 5) is 0. The lowest BCUT2D eigenvalue weighted by Gasteiger charge is -2.15. The van der Waals surface area contributed by atoms with Crippen LogP contribution in [0.4, 0.5) is 0 Å². The molecule has 0 N–H and O–H groups in total. The van der Waals surface area contributed by atoms with E-state index >= 15 is 0 Å². The number of hydrogen-bond donors (Lipinski definition) is 0. The molecule has 0 amide bonds. The second-order valence-corrected chi connectivity index (χ2v) is 12.2. The third-order valence-corrected chi connectivity index (χ3v) is 4.93. The molecule has 0 heterocycles. The van der Waals surface area contributed by atoms with Crippen molar-refractivity contribution >= 4 is 30.7 Å². The molecule has 0 spiro atoms. The molecule has 0 saturated heterocycles. The lowest BCUT2D eigenvalue weighted by atomic mass is 10.2. The van der Waals surface area contributed by atoms with Gasteiger partial charge in [-0.1, -0.05) is 25.7 Å². The molecule has 0 aliphatic rings. The highest BCUT2D eigenvalue weighted by Gasteiger charge is 2.12. The van der Waals surface area contributed by atoms with E-state index in [1.54, 1.807) is 0 Å². The van der Waals surface area contributed by atoms with E-state index in [1.165, 1.54) is 11.6 Å². The zero-order valence-electron chi connectivity index (χ0n) is 11.0. The van der Waals surface area contributed by atoms with E-state index in [4.69, 9.17) is 9.47 Å². The molecule has 0 aliphatic heterocycles. The summed E-state index contributed by atoms with van der Waals surface area (Å²) in [6, 6.07) is 7.35. The van der Waals surface area contributed by atoms with Crippen LogP contribution in [0.25, 0.3) is 0 Å². The normalized spacial score (nSPS) is 11.6. The van der Waals surface area contributed by atoms with Crippen LogP contribution in [0.15, 0.2) is 18.2 Å². The lowest BCUT2D eigenvalue weighted by molar-refractivity contribution is 0.0215. The topological polar surface area (TPSA) is 18.5 Å². The first kappa shape index (κ1) is 15.0. The van der Waals surface area contributed by atoms with Gasteiger partial charge in [0, 0.05) is 14.7 Å². The van der Waals surface area contributed by atoms with Crippen molar-refractivity contribution in [3.63, 3.8) is 0 Å². The second kappa shape index (κ2) is 6.75. The molecule has 4 heteroatoms. The summed E-state index contributed by atoms with van der Waals surface area (Å²) >= 11 is 2.29. The molecule has 0 aromatic heterocycles. The lowest BCUT2D eigenvalue weighted by Crippen LogP contribution is -2.22. The fourth-order valence-corrected chi connectivity index (χ4v) is 2.85. The maximum atomic E-state index is 5.59. The maximum absolute atomic E-state index is 5.59. The standard InChI is InChI=1S/C13H21IO2Si/c1-11-5-6-13(12(14)9-11)16-10-15-7-8-17(2,3)4/h5-6,9H,7-8,10H2,1-4H3. The van der Waals surface area contributed by atoms with Crippen molar-refractivity contribution < 1.29 is 9.47 Å². The van der Waals surface area contributed by atoms with Crippen LogP contribution >= 0.6 is 22.6 Å². The Balaban J connectivity index is 2.27. The quantitative estimate of drug-likeness (QED) is 0.325. The van der Waals surface area contributed by atoms with E-state index in [9.17, 15) is 0 Å². The summed E-state index contributed by atoms with van der Waals surface area (Å²) in [5, 5.41) is 0. The fraction of sp³-hybridized carbons (Fsp3) is 0.538. The molecule has 2 nitrogen and oxygen atoms in total. The Morgan fingerprint density at radius 1 is 1.24 bits per heavy atom. The SMILES string of the molecule is Cc1ccc(OCOCC[Si](C)(C)C)c(I)c1. The van der Waals surface area contributed by atoms with Crippen LogP contribution in [-0.4, -0.2) is 21.5 Å². The van der Waals surface area contributed by atoms with E-state index in [2.05, 4.69) is 61.3 Å². The van der Waals surface area contributed by atoms with Gasteiger partial charge in [-0.2, -0.15) is 0 Å². The van der Waals surface area contributed by atoms with Gasteiger partial charge in [0.15, 0.2) is 6.79 Å². The van der Waals surface area contributed by atoms with Crippen LogP contribution in [0.5, 0.6) is 5.75 Å². The number of benzene rings is 1. The third kappa shape index (κ3) is 6.43. The van der Waals surface area contributed by atoms with Crippen molar-refractivity contribution in [2.24, 2.45) is 0 Å². The van der Waals surface area contributed by atoms with E-state index in [0.717, 1.165) is 15.9 Å². The summed E-state index contributed by atoms with van der Waals surface area (Å²) in [5.74, 6) is 0.907. The summed E-state index contributed by atoms with van der Waals surface area (Å²) in [7, 11) is -0.987. The van der Waals surface area contributed by atoms with Gasteiger partial charge in [-0.15, -0.1) is 0 Å². The number of aryl methyl sites for hydroxylation is 1. The van der Waals surface area contributed by atoms with Gasteiger partial charge in [-0.25, -0.2) is 0 Å². The monoisotopic (exact) mass is 364 g/mol. The minimum absolute atomic E-state index is 0.351. The molecule has 0 fully saturated rings. The molecule has 0 aliphatic carbocycles. The molecule has 1 rings (SSSR count). The average molecular weight is 364 g/mol. The highest BCUT2D eigenvalue weighted by atomic mass is 127. The van der Waals surface area contributed by atoms with Gasteiger partial charge in [0.05, 0.1) is 3.57 Å². The Labute approximate surface area is 119 Å². The van der Waals surface area contributed by atoms with Gasteiger partial charge in [-0.3, -0.25) is 0 Å². The van der Waals surface area contributed by atoms with Gasteiger partial charge < -0.3 is 9.47 Å². The minimum Gasteiger partial charge on any atom is -0.466 e. The predicted molar refractivity (Wildman–Crippen MR) is 83.5 cm³/mol. The highest BCUT2D eigenvalue weighted by molar-refractivity contribution is 14.1. The van der Waals surface area contributed by atoms with Crippen LogP contribution in [0.3, 0.4) is 0 Å². The summed E-state index contributed by atoms with van der Waals surface area (Å²) in [6.07, 6.45) is 0. The predicted octanol–water partition coefficient (Wildman–Crippen LogP) is 4.29. The Morgan fingerprint density at radius 3 is 2.53 bits per heavy atom. The Hall–Kier alpha value is -0.0731. The largest absolute Gasteiger partial charge is 0.466 e. The van der Waals surface area contributed by atoms with E-state index in [0.29, 0.717) is 6.79 Å². The first-order valence-electron chi connectivity index (χ1n) is 5.85. The Bertz CT molecular complexity index is 361. The van der Waals surface area contributed by atoms with Crippen LogP contribution in [-0.2, 0) is 4.74 Å². The van der Waals surface area contributed by atoms with Crippen molar-refractivity contribution in [3.05, 3.63) is 27.3 Å². The van der Waals surface area contributed by atoms with Crippen LogP contribution < -0.4 is 4.74 Å². The summed E-state index contributed by atoms with van der Waals surface area (Å²) in [5.41, 5.74) is 1.25. The number of halogens is 1. The minimum atomic E-state index is -0.987. The molecular formula is C13H21IO2Si. The molecular weight excluding hydrogens is 343 g/mol. The van der Waals surface area contributed by atoms with E-state index in [-0.39, 0.29) is 0 Å². The molecule has 17 heavy (non-hydrogen) atoms. The van der Waals surface area contributed by atoms with Crippen LogP contribution in [0.1, 0.15) is 5.56 Å². The first-order chi connectivity index (χ1) is 7.88. The Kier molecular flexibility index (Phi) is 5.95. The second-order valence-electron chi connectivity index (χ2n) is 5.41. The number of ether oxygens (including phenoxy) is 2. The van der Waals surface area contributed by atoms with Crippen LogP contribution in [0, 0.1) is 10.5 Å². The molecule has 0 atom stereocenters. The molecule has 1 aromatic rings. The zero-order chi connectivity index (χ0) is 12.9. The third-order valence-electron chi connectivity index (χ3n) is 2.38. The maximum Gasteiger partial charge on any atom is 0.189 e. The van der Waals surface area contributed by atoms with Crippen molar-refractivity contribution in [2.75, 3.05) is 13.4 Å². The van der Waals surface area contributed by atoms with Crippen LogP contribution in [0.2, 0.25) is 25.7 Å². The molecule has 0 bridgehead atoms. The number of hydrogen-bond acceptors (Lipinski definition) is 2. The molecule has 96 valence electrons. The first-order valence-corrected chi connectivity index (χ1v) is 10.6. The zero-order valence-corrected chi connectivity index (χ0v) is 14.2. The highest BCUT2D eigenvalue weighted by Crippen LogP contribution is 2.21. The molecule has 0 radical (unpaired) electrons. The van der Waals surface area contributed by atoms with Crippen molar-refractivity contribution in [1.82, 2.24) is 0 Å². The summed E-state index contributed by atoms with van der Waals surface area (Å²) in [6.45, 7) is 10.3. The Morgan fingerprint density at radius 2 is 1.94 bits per heavy atom. The van der Waals surface area contributed by atoms with Gasteiger partial charge in [0.1, 0.15) is 5.75 Å². The molecule has 0 saturated carbocycles. The molecule has 1 aromatic carbocycles. The average Bonchev–Trinajstić information content (AvgIpc) is 2.18. The van der Waals surface area contributed by atoms with Gasteiger partial charge in [0.2, 0.25) is 0 Å². The summed E-state index contributed by atoms with van der Waals surface area (Å²) < 4.78 is 12.2. The van der Waals surface area contributed by atoms with Crippen molar-refractivity contribution in [2.45, 2.75) is 32.6 Å². The van der Waals surface area contributed by atoms with Crippen molar-refractivity contribution in [1.29, 1.82) is 0 Å². The van der Waals surface area contributed by atoms with Gasteiger partial charge >= 0.3 is 0 Å². The molecule has 0 unspecified atom stereocenters. The van der Waals surface area contributed by atoms with Gasteiger partial charge in [-0.05, 0) is 53.3 Å². The van der Waals surface area contributed by atoms with E-state index < -0.39 is 8.07 Å². The van der Waals surface area contributed by atoms with Crippen molar-refractivity contribution in [3.8, 4) is 5.75 Å². The van der Waals surface area contributed by atoms with E-state index in [1.807, 2.05) is 6.07 Å². The fourth-order valence-electron chi connectivity index (χ4n) is 1.27. The number of rotatable bonds is 6.